The quantitative estimate of drug-likeness (QED) is 0.608. The van der Waals surface area contributed by atoms with Gasteiger partial charge in [-0.3, -0.25) is 5.41 Å². The molecule has 1 aliphatic rings. The van der Waals surface area contributed by atoms with E-state index in [-0.39, 0.29) is 0 Å². The van der Waals surface area contributed by atoms with Crippen molar-refractivity contribution in [2.45, 2.75) is 6.54 Å². The summed E-state index contributed by atoms with van der Waals surface area (Å²) in [6.45, 7) is 0.770. The van der Waals surface area contributed by atoms with Crippen molar-refractivity contribution < 1.29 is 0 Å². The van der Waals surface area contributed by atoms with Gasteiger partial charge in [-0.05, 0) is 29.6 Å². The number of rotatable bonds is 0. The van der Waals surface area contributed by atoms with Crippen molar-refractivity contribution in [1.29, 1.82) is 5.41 Å². The number of nitrogen functional groups attached to an aromatic ring is 1. The molecule has 1 aromatic heterocycles. The Morgan fingerprint density at radius 1 is 1.25 bits per heavy atom. The second-order valence-electron chi connectivity index (χ2n) is 3.79. The Bertz CT molecular complexity index is 571. The molecular weight excluding hydrogens is 218 g/mol. The molecular formula is C12H11N3S. The molecule has 0 atom stereocenters. The number of nitrogens with one attached hydrogen (secondary N) is 2. The highest BCUT2D eigenvalue weighted by Gasteiger charge is 2.18. The molecule has 4 N–H and O–H groups in total. The van der Waals surface area contributed by atoms with Gasteiger partial charge in [-0.1, -0.05) is 0 Å². The van der Waals surface area contributed by atoms with E-state index in [0.717, 1.165) is 29.0 Å². The van der Waals surface area contributed by atoms with Gasteiger partial charge >= 0.3 is 0 Å². The van der Waals surface area contributed by atoms with Crippen molar-refractivity contribution in [1.82, 2.24) is 0 Å². The van der Waals surface area contributed by atoms with Crippen molar-refractivity contribution >= 4 is 28.4 Å². The van der Waals surface area contributed by atoms with Crippen LogP contribution in [0.15, 0.2) is 29.6 Å². The fourth-order valence-corrected chi connectivity index (χ4v) is 2.77. The maximum Gasteiger partial charge on any atom is 0.0717 e. The summed E-state index contributed by atoms with van der Waals surface area (Å²) in [5, 5.41) is 13.6. The molecule has 0 bridgehead atoms. The molecule has 0 aliphatic carbocycles. The second kappa shape index (κ2) is 3.35. The van der Waals surface area contributed by atoms with Crippen molar-refractivity contribution in [3.8, 4) is 0 Å². The van der Waals surface area contributed by atoms with Gasteiger partial charge in [-0.15, -0.1) is 11.3 Å². The van der Waals surface area contributed by atoms with Gasteiger partial charge in [-0.25, -0.2) is 0 Å². The second-order valence-corrected chi connectivity index (χ2v) is 4.79. The summed E-state index contributed by atoms with van der Waals surface area (Å²) in [7, 11) is 0. The molecule has 0 radical (unpaired) electrons. The van der Waals surface area contributed by atoms with Gasteiger partial charge < -0.3 is 11.1 Å². The summed E-state index contributed by atoms with van der Waals surface area (Å²) in [4.78, 5) is 1.21. The molecule has 0 amide bonds. The summed E-state index contributed by atoms with van der Waals surface area (Å²) >= 11 is 1.68. The first kappa shape index (κ1) is 9.42. The summed E-state index contributed by atoms with van der Waals surface area (Å²) in [5.74, 6) is 0. The van der Waals surface area contributed by atoms with E-state index >= 15 is 0 Å². The minimum Gasteiger partial charge on any atom is -0.399 e. The van der Waals surface area contributed by atoms with E-state index in [0.29, 0.717) is 5.71 Å². The molecule has 16 heavy (non-hydrogen) atoms. The predicted molar refractivity (Wildman–Crippen MR) is 68.4 cm³/mol. The Hall–Kier alpha value is -1.81. The van der Waals surface area contributed by atoms with E-state index in [2.05, 4.69) is 5.32 Å². The number of hydrogen-bond donors (Lipinski definition) is 3. The van der Waals surface area contributed by atoms with Crippen molar-refractivity contribution in [2.75, 3.05) is 11.1 Å². The number of thiophene rings is 1. The minimum absolute atomic E-state index is 0.580. The van der Waals surface area contributed by atoms with Crippen LogP contribution >= 0.6 is 11.3 Å². The normalized spacial score (nSPS) is 13.6. The van der Waals surface area contributed by atoms with Crippen LogP contribution in [0.3, 0.4) is 0 Å². The van der Waals surface area contributed by atoms with Gasteiger partial charge in [0.05, 0.1) is 12.3 Å². The molecule has 3 nitrogen and oxygen atoms in total. The summed E-state index contributed by atoms with van der Waals surface area (Å²) < 4.78 is 0. The molecule has 1 aliphatic heterocycles. The van der Waals surface area contributed by atoms with E-state index in [1.807, 2.05) is 29.6 Å². The maximum atomic E-state index is 8.21. The molecule has 0 saturated carbocycles. The molecule has 0 fully saturated rings. The van der Waals surface area contributed by atoms with E-state index in [4.69, 9.17) is 11.1 Å². The fraction of sp³-hybridized carbons (Fsp3) is 0.0833. The molecule has 1 aromatic carbocycles. The van der Waals surface area contributed by atoms with Gasteiger partial charge in [0.15, 0.2) is 0 Å². The first-order valence-electron chi connectivity index (χ1n) is 5.05. The number of fused-ring (bicyclic) bond motifs is 2. The van der Waals surface area contributed by atoms with Crippen molar-refractivity contribution in [3.63, 3.8) is 0 Å². The summed E-state index contributed by atoms with van der Waals surface area (Å²) in [5.41, 5.74) is 9.96. The topological polar surface area (TPSA) is 61.9 Å². The molecule has 80 valence electrons. The zero-order valence-electron chi connectivity index (χ0n) is 8.58. The zero-order chi connectivity index (χ0) is 11.1. The van der Waals surface area contributed by atoms with Gasteiger partial charge in [0.25, 0.3) is 0 Å². The predicted octanol–water partition coefficient (Wildman–Crippen LogP) is 2.67. The Kier molecular flexibility index (Phi) is 1.97. The van der Waals surface area contributed by atoms with Crippen LogP contribution < -0.4 is 11.1 Å². The highest BCUT2D eigenvalue weighted by atomic mass is 32.1. The molecule has 0 unspecified atom stereocenters. The third-order valence-corrected chi connectivity index (χ3v) is 3.69. The third-order valence-electron chi connectivity index (χ3n) is 2.77. The lowest BCUT2D eigenvalue weighted by molar-refractivity contribution is 1.20. The van der Waals surface area contributed by atoms with E-state index in [1.165, 1.54) is 4.88 Å². The molecule has 2 heterocycles. The Morgan fingerprint density at radius 2 is 2.12 bits per heavy atom. The Morgan fingerprint density at radius 3 is 3.00 bits per heavy atom. The van der Waals surface area contributed by atoms with E-state index in [1.54, 1.807) is 11.3 Å². The average Bonchev–Trinajstić information content (AvgIpc) is 2.69. The van der Waals surface area contributed by atoms with Crippen LogP contribution in [0.2, 0.25) is 0 Å². The van der Waals surface area contributed by atoms with Gasteiger partial charge in [0.2, 0.25) is 0 Å². The van der Waals surface area contributed by atoms with Crippen LogP contribution in [0.5, 0.6) is 0 Å². The largest absolute Gasteiger partial charge is 0.399 e. The average molecular weight is 229 g/mol. The lowest BCUT2D eigenvalue weighted by atomic mass is 10.0. The van der Waals surface area contributed by atoms with Crippen LogP contribution in [0, 0.1) is 5.41 Å². The first-order valence-corrected chi connectivity index (χ1v) is 5.93. The molecule has 3 rings (SSSR count). The Balaban J connectivity index is 2.20. The fourth-order valence-electron chi connectivity index (χ4n) is 1.95. The number of anilines is 2. The molecule has 2 aromatic rings. The van der Waals surface area contributed by atoms with Crippen molar-refractivity contribution in [2.24, 2.45) is 0 Å². The van der Waals surface area contributed by atoms with Gasteiger partial charge in [0.1, 0.15) is 0 Å². The number of benzene rings is 1. The van der Waals surface area contributed by atoms with Crippen molar-refractivity contribution in [3.05, 3.63) is 45.6 Å². The van der Waals surface area contributed by atoms with Crippen LogP contribution in [-0.4, -0.2) is 5.71 Å². The SMILES string of the molecule is N=C1c2ccc(N)cc2NCc2sccc21. The summed E-state index contributed by atoms with van der Waals surface area (Å²) in [6.07, 6.45) is 0. The van der Waals surface area contributed by atoms with Crippen LogP contribution in [0.1, 0.15) is 16.0 Å². The highest BCUT2D eigenvalue weighted by Crippen LogP contribution is 2.30. The van der Waals surface area contributed by atoms with Crippen LogP contribution in [0.25, 0.3) is 0 Å². The smallest absolute Gasteiger partial charge is 0.0717 e. The van der Waals surface area contributed by atoms with Crippen LogP contribution in [0.4, 0.5) is 11.4 Å². The maximum absolute atomic E-state index is 8.21. The lowest BCUT2D eigenvalue weighted by Gasteiger charge is -2.08. The number of nitrogens with two attached hydrogens (primary N) is 1. The third kappa shape index (κ3) is 1.31. The Labute approximate surface area is 97.4 Å². The molecule has 4 heteroatoms. The first-order chi connectivity index (χ1) is 7.75. The van der Waals surface area contributed by atoms with Gasteiger partial charge in [0, 0.05) is 27.4 Å². The lowest BCUT2D eigenvalue weighted by Crippen LogP contribution is -2.02. The molecule has 0 spiro atoms. The zero-order valence-corrected chi connectivity index (χ0v) is 9.40. The summed E-state index contributed by atoms with van der Waals surface area (Å²) in [6, 6.07) is 7.65. The highest BCUT2D eigenvalue weighted by molar-refractivity contribution is 7.10. The monoisotopic (exact) mass is 229 g/mol. The molecule has 0 saturated heterocycles. The van der Waals surface area contributed by atoms with Gasteiger partial charge in [-0.2, -0.15) is 0 Å². The standard InChI is InChI=1S/C12H11N3S/c13-7-1-2-8-10(5-7)15-6-11-9(12(8)14)3-4-16-11/h1-5,14-15H,6,13H2. The minimum atomic E-state index is 0.580. The van der Waals surface area contributed by atoms with E-state index < -0.39 is 0 Å². The number of hydrogen-bond acceptors (Lipinski definition) is 4. The van der Waals surface area contributed by atoms with Crippen LogP contribution in [-0.2, 0) is 6.54 Å². The van der Waals surface area contributed by atoms with E-state index in [9.17, 15) is 0 Å².